The Balaban J connectivity index is 2.37. The van der Waals surface area contributed by atoms with Crippen LogP contribution < -0.4 is 0 Å². The van der Waals surface area contributed by atoms with E-state index in [0.717, 1.165) is 12.5 Å². The molecule has 2 saturated heterocycles. The summed E-state index contributed by atoms with van der Waals surface area (Å²) in [5, 5.41) is 0. The first-order valence-electron chi connectivity index (χ1n) is 7.97. The SMILES string of the molecule is CC1(C)OC[C@@H]([C@H](OS(C)(=O)=O)[C@@H](OS(C)(=O)=O)[C@@H]2COC(C)(C)O2)O1. The van der Waals surface area contributed by atoms with E-state index >= 15 is 0 Å². The molecule has 0 radical (unpaired) electrons. The fourth-order valence-electron chi connectivity index (χ4n) is 2.81. The highest BCUT2D eigenvalue weighted by Gasteiger charge is 2.50. The van der Waals surface area contributed by atoms with Gasteiger partial charge in [-0.05, 0) is 27.7 Å². The predicted molar refractivity (Wildman–Crippen MR) is 89.2 cm³/mol. The number of hydrogen-bond donors (Lipinski definition) is 0. The van der Waals surface area contributed by atoms with Crippen molar-refractivity contribution in [2.24, 2.45) is 0 Å². The second-order valence-corrected chi connectivity index (χ2v) is 10.5. The molecule has 2 aliphatic heterocycles. The first-order chi connectivity index (χ1) is 11.6. The van der Waals surface area contributed by atoms with Crippen LogP contribution in [0.1, 0.15) is 27.7 Å². The maximum atomic E-state index is 11.8. The average molecular weight is 418 g/mol. The minimum Gasteiger partial charge on any atom is -0.348 e. The van der Waals surface area contributed by atoms with Crippen molar-refractivity contribution in [3.63, 3.8) is 0 Å². The van der Waals surface area contributed by atoms with E-state index in [4.69, 9.17) is 27.3 Å². The van der Waals surface area contributed by atoms with E-state index in [0.29, 0.717) is 0 Å². The summed E-state index contributed by atoms with van der Waals surface area (Å²) in [4.78, 5) is 0. The van der Waals surface area contributed by atoms with Crippen molar-refractivity contribution in [2.45, 2.75) is 63.7 Å². The van der Waals surface area contributed by atoms with Crippen LogP contribution in [0.25, 0.3) is 0 Å². The molecule has 0 bridgehead atoms. The molecule has 10 nitrogen and oxygen atoms in total. The molecular weight excluding hydrogens is 392 g/mol. The Bertz CT molecular complexity index is 650. The summed E-state index contributed by atoms with van der Waals surface area (Å²) >= 11 is 0. The van der Waals surface area contributed by atoms with Crippen LogP contribution in [0.5, 0.6) is 0 Å². The lowest BCUT2D eigenvalue weighted by Gasteiger charge is -2.32. The van der Waals surface area contributed by atoms with Gasteiger partial charge in [0.2, 0.25) is 0 Å². The van der Waals surface area contributed by atoms with Crippen LogP contribution in [-0.4, -0.2) is 78.6 Å². The molecule has 0 spiro atoms. The van der Waals surface area contributed by atoms with Gasteiger partial charge in [-0.15, -0.1) is 0 Å². The van der Waals surface area contributed by atoms with Crippen LogP contribution in [0, 0.1) is 0 Å². The summed E-state index contributed by atoms with van der Waals surface area (Å²) in [5.41, 5.74) is 0. The molecule has 4 atom stereocenters. The summed E-state index contributed by atoms with van der Waals surface area (Å²) < 4.78 is 79.7. The van der Waals surface area contributed by atoms with Gasteiger partial charge in [-0.25, -0.2) is 0 Å². The molecule has 2 rings (SSSR count). The fraction of sp³-hybridized carbons (Fsp3) is 1.00. The maximum Gasteiger partial charge on any atom is 0.264 e. The quantitative estimate of drug-likeness (QED) is 0.521. The zero-order chi connectivity index (χ0) is 20.0. The molecule has 2 heterocycles. The Morgan fingerprint density at radius 2 is 1.08 bits per heavy atom. The molecule has 26 heavy (non-hydrogen) atoms. The van der Waals surface area contributed by atoms with Crippen molar-refractivity contribution in [3.8, 4) is 0 Å². The third-order valence-corrected chi connectivity index (χ3v) is 4.83. The minimum atomic E-state index is -3.96. The normalized spacial score (nSPS) is 31.0. The van der Waals surface area contributed by atoms with Crippen LogP contribution in [0.3, 0.4) is 0 Å². The molecule has 12 heteroatoms. The maximum absolute atomic E-state index is 11.8. The predicted octanol–water partition coefficient (Wildman–Crippen LogP) is -0.0210. The first-order valence-corrected chi connectivity index (χ1v) is 11.6. The third kappa shape index (κ3) is 6.37. The highest BCUT2D eigenvalue weighted by atomic mass is 32.2. The zero-order valence-electron chi connectivity index (χ0n) is 15.6. The largest absolute Gasteiger partial charge is 0.348 e. The lowest BCUT2D eigenvalue weighted by Crippen LogP contribution is -2.51. The van der Waals surface area contributed by atoms with E-state index in [1.54, 1.807) is 27.7 Å². The second kappa shape index (κ2) is 7.24. The highest BCUT2D eigenvalue weighted by molar-refractivity contribution is 7.86. The van der Waals surface area contributed by atoms with Gasteiger partial charge in [0.25, 0.3) is 20.2 Å². The molecule has 0 aromatic rings. The summed E-state index contributed by atoms with van der Waals surface area (Å²) in [7, 11) is -7.93. The highest BCUT2D eigenvalue weighted by Crippen LogP contribution is 2.33. The van der Waals surface area contributed by atoms with E-state index in [-0.39, 0.29) is 13.2 Å². The summed E-state index contributed by atoms with van der Waals surface area (Å²) in [6.07, 6.45) is -2.70. The van der Waals surface area contributed by atoms with E-state index in [1.165, 1.54) is 0 Å². The van der Waals surface area contributed by atoms with Crippen LogP contribution in [0.15, 0.2) is 0 Å². The molecule has 2 fully saturated rings. The van der Waals surface area contributed by atoms with Crippen molar-refractivity contribution in [1.82, 2.24) is 0 Å². The molecule has 0 N–H and O–H groups in total. The van der Waals surface area contributed by atoms with Gasteiger partial charge in [0.1, 0.15) is 24.4 Å². The van der Waals surface area contributed by atoms with Gasteiger partial charge in [-0.2, -0.15) is 16.8 Å². The van der Waals surface area contributed by atoms with Crippen molar-refractivity contribution in [2.75, 3.05) is 25.7 Å². The molecule has 0 unspecified atom stereocenters. The van der Waals surface area contributed by atoms with Gasteiger partial charge in [-0.3, -0.25) is 8.37 Å². The van der Waals surface area contributed by atoms with Crippen molar-refractivity contribution >= 4 is 20.2 Å². The Hall–Kier alpha value is -0.340. The lowest BCUT2D eigenvalue weighted by molar-refractivity contribution is -0.174. The second-order valence-electron chi connectivity index (χ2n) is 7.26. The van der Waals surface area contributed by atoms with Crippen molar-refractivity contribution in [1.29, 1.82) is 0 Å². The van der Waals surface area contributed by atoms with Gasteiger partial charge in [0, 0.05) is 0 Å². The molecular formula is C14H26O10S2. The van der Waals surface area contributed by atoms with Crippen LogP contribution in [0.4, 0.5) is 0 Å². The Kier molecular flexibility index (Phi) is 6.12. The topological polar surface area (TPSA) is 124 Å². The van der Waals surface area contributed by atoms with E-state index in [2.05, 4.69) is 0 Å². The Labute approximate surface area is 154 Å². The lowest BCUT2D eigenvalue weighted by atomic mass is 10.0. The molecule has 0 aromatic carbocycles. The van der Waals surface area contributed by atoms with Gasteiger partial charge in [0.05, 0.1) is 25.7 Å². The van der Waals surface area contributed by atoms with Crippen LogP contribution >= 0.6 is 0 Å². The first kappa shape index (κ1) is 22.0. The monoisotopic (exact) mass is 418 g/mol. The van der Waals surface area contributed by atoms with Gasteiger partial charge in [-0.1, -0.05) is 0 Å². The minimum absolute atomic E-state index is 0.00617. The molecule has 0 aromatic heterocycles. The van der Waals surface area contributed by atoms with E-state index in [9.17, 15) is 16.8 Å². The Morgan fingerprint density at radius 3 is 1.27 bits per heavy atom. The zero-order valence-corrected chi connectivity index (χ0v) is 17.3. The standard InChI is InChI=1S/C14H26O10S2/c1-13(2)19-7-9(21-13)11(23-25(5,15)16)12(24-26(6,17)18)10-8-20-14(3,4)22-10/h9-12H,7-8H2,1-6H3/t9-,10-,11-,12-/m0/s1. The smallest absolute Gasteiger partial charge is 0.264 e. The van der Waals surface area contributed by atoms with Crippen LogP contribution in [-0.2, 0) is 47.5 Å². The van der Waals surface area contributed by atoms with Gasteiger partial charge >= 0.3 is 0 Å². The molecule has 154 valence electrons. The number of rotatable bonds is 7. The van der Waals surface area contributed by atoms with Gasteiger partial charge in [0.15, 0.2) is 11.6 Å². The Morgan fingerprint density at radius 1 is 0.769 bits per heavy atom. The number of hydrogen-bond acceptors (Lipinski definition) is 10. The summed E-state index contributed by atoms with van der Waals surface area (Å²) in [6, 6.07) is 0. The summed E-state index contributed by atoms with van der Waals surface area (Å²) in [5.74, 6) is -1.96. The van der Waals surface area contributed by atoms with E-state index < -0.39 is 56.2 Å². The third-order valence-electron chi connectivity index (χ3n) is 3.69. The van der Waals surface area contributed by atoms with Crippen molar-refractivity contribution < 1.29 is 44.1 Å². The van der Waals surface area contributed by atoms with Gasteiger partial charge < -0.3 is 18.9 Å². The molecule has 2 aliphatic rings. The van der Waals surface area contributed by atoms with Crippen LogP contribution in [0.2, 0.25) is 0 Å². The van der Waals surface area contributed by atoms with Crippen molar-refractivity contribution in [3.05, 3.63) is 0 Å². The summed E-state index contributed by atoms with van der Waals surface area (Å²) in [6.45, 7) is 6.58. The molecule has 0 saturated carbocycles. The fourth-order valence-corrected chi connectivity index (χ4v) is 4.09. The molecule has 0 amide bonds. The average Bonchev–Trinajstić information content (AvgIpc) is 2.93. The number of ether oxygens (including phenoxy) is 4. The molecule has 0 aliphatic carbocycles. The van der Waals surface area contributed by atoms with E-state index in [1.807, 2.05) is 0 Å².